The second-order valence-electron chi connectivity index (χ2n) is 5.10. The third-order valence-electron chi connectivity index (χ3n) is 3.70. The molecule has 2 N–H and O–H groups in total. The zero-order valence-corrected chi connectivity index (χ0v) is 11.2. The van der Waals surface area contributed by atoms with Crippen molar-refractivity contribution in [2.75, 3.05) is 5.32 Å². The first-order chi connectivity index (χ1) is 10.1. The molecule has 0 saturated heterocycles. The fraction of sp³-hybridized carbons (Fsp3) is 0.357. The molecule has 0 radical (unpaired) electrons. The number of amides is 1. The number of halogens is 1. The molecule has 1 aliphatic carbocycles. The van der Waals surface area contributed by atoms with Gasteiger partial charge < -0.3 is 10.4 Å². The molecule has 2 atom stereocenters. The van der Waals surface area contributed by atoms with E-state index in [-0.39, 0.29) is 11.6 Å². The van der Waals surface area contributed by atoms with Crippen molar-refractivity contribution in [1.82, 2.24) is 14.8 Å². The van der Waals surface area contributed by atoms with Crippen LogP contribution in [0.4, 0.5) is 10.1 Å². The summed E-state index contributed by atoms with van der Waals surface area (Å²) in [7, 11) is 0. The van der Waals surface area contributed by atoms with E-state index < -0.39 is 17.8 Å². The van der Waals surface area contributed by atoms with Crippen molar-refractivity contribution in [2.24, 2.45) is 5.92 Å². The maximum atomic E-state index is 14.0. The first kappa shape index (κ1) is 13.7. The van der Waals surface area contributed by atoms with Gasteiger partial charge in [0.1, 0.15) is 18.3 Å². The predicted octanol–water partition coefficient (Wildman–Crippen LogP) is 1.51. The van der Waals surface area contributed by atoms with Gasteiger partial charge in [-0.2, -0.15) is 5.10 Å². The van der Waals surface area contributed by atoms with Crippen molar-refractivity contribution in [1.29, 1.82) is 0 Å². The summed E-state index contributed by atoms with van der Waals surface area (Å²) in [5.74, 6) is -1.19. The number of hydrogen-bond donors (Lipinski definition) is 2. The van der Waals surface area contributed by atoms with E-state index in [1.165, 1.54) is 29.5 Å². The maximum absolute atomic E-state index is 14.0. The third kappa shape index (κ3) is 2.78. The van der Waals surface area contributed by atoms with Crippen LogP contribution in [0.2, 0.25) is 0 Å². The summed E-state index contributed by atoms with van der Waals surface area (Å²) >= 11 is 0. The number of aliphatic hydroxyl groups is 1. The Kier molecular flexibility index (Phi) is 3.66. The average molecular weight is 290 g/mol. The van der Waals surface area contributed by atoms with E-state index in [2.05, 4.69) is 15.4 Å². The molecule has 1 saturated carbocycles. The summed E-state index contributed by atoms with van der Waals surface area (Å²) < 4.78 is 15.3. The lowest BCUT2D eigenvalue weighted by Gasteiger charge is -2.14. The largest absolute Gasteiger partial charge is 0.392 e. The molecule has 1 aliphatic rings. The van der Waals surface area contributed by atoms with Gasteiger partial charge in [0.05, 0.1) is 12.0 Å². The first-order valence-corrected chi connectivity index (χ1v) is 6.78. The van der Waals surface area contributed by atoms with Crippen LogP contribution in [0.3, 0.4) is 0 Å². The van der Waals surface area contributed by atoms with Crippen molar-refractivity contribution < 1.29 is 14.3 Å². The van der Waals surface area contributed by atoms with Crippen molar-refractivity contribution in [3.63, 3.8) is 0 Å². The van der Waals surface area contributed by atoms with Gasteiger partial charge in [-0.15, -0.1) is 0 Å². The Hall–Kier alpha value is -2.28. The summed E-state index contributed by atoms with van der Waals surface area (Å²) in [5, 5.41) is 16.2. The number of anilines is 1. The van der Waals surface area contributed by atoms with Crippen LogP contribution in [-0.2, 0) is 4.79 Å². The molecule has 0 bridgehead atoms. The van der Waals surface area contributed by atoms with Gasteiger partial charge in [0.2, 0.25) is 5.91 Å². The molecule has 110 valence electrons. The fourth-order valence-electron chi connectivity index (χ4n) is 2.58. The van der Waals surface area contributed by atoms with Crippen molar-refractivity contribution in [3.05, 3.63) is 36.7 Å². The Morgan fingerprint density at radius 1 is 1.43 bits per heavy atom. The van der Waals surface area contributed by atoms with Crippen LogP contribution in [-0.4, -0.2) is 31.9 Å². The van der Waals surface area contributed by atoms with Gasteiger partial charge in [-0.05, 0) is 37.5 Å². The second-order valence-corrected chi connectivity index (χ2v) is 5.10. The Bertz CT molecular complexity index is 644. The van der Waals surface area contributed by atoms with Crippen molar-refractivity contribution in [3.8, 4) is 5.69 Å². The number of carbonyl (C=O) groups is 1. The normalized spacial score (nSPS) is 21.4. The van der Waals surface area contributed by atoms with Crippen LogP contribution in [0, 0.1) is 11.7 Å². The van der Waals surface area contributed by atoms with Gasteiger partial charge in [-0.1, -0.05) is 0 Å². The molecule has 1 aromatic carbocycles. The highest BCUT2D eigenvalue weighted by molar-refractivity contribution is 5.93. The minimum Gasteiger partial charge on any atom is -0.392 e. The first-order valence-electron chi connectivity index (χ1n) is 6.78. The highest BCUT2D eigenvalue weighted by atomic mass is 19.1. The Labute approximate surface area is 120 Å². The standard InChI is InChI=1S/C14H15FN4O2/c15-11-6-9(4-5-12(11)19-8-16-7-17-19)18-14(21)10-2-1-3-13(10)20/h4-8,10,13,20H,1-3H2,(H,18,21). The lowest BCUT2D eigenvalue weighted by molar-refractivity contribution is -0.122. The molecule has 21 heavy (non-hydrogen) atoms. The molecule has 0 aliphatic heterocycles. The van der Waals surface area contributed by atoms with E-state index in [0.717, 1.165) is 6.42 Å². The monoisotopic (exact) mass is 290 g/mol. The highest BCUT2D eigenvalue weighted by Crippen LogP contribution is 2.27. The van der Waals surface area contributed by atoms with E-state index in [4.69, 9.17) is 0 Å². The van der Waals surface area contributed by atoms with Crippen LogP contribution in [0.5, 0.6) is 0 Å². The highest BCUT2D eigenvalue weighted by Gasteiger charge is 2.31. The smallest absolute Gasteiger partial charge is 0.230 e. The lowest BCUT2D eigenvalue weighted by Crippen LogP contribution is -2.28. The minimum atomic E-state index is -0.607. The summed E-state index contributed by atoms with van der Waals surface area (Å²) in [6.07, 6.45) is 4.23. The van der Waals surface area contributed by atoms with Crippen LogP contribution in [0.25, 0.3) is 5.69 Å². The number of aliphatic hydroxyl groups excluding tert-OH is 1. The third-order valence-corrected chi connectivity index (χ3v) is 3.70. The number of aromatic nitrogens is 3. The van der Waals surface area contributed by atoms with Crippen LogP contribution < -0.4 is 5.32 Å². The zero-order chi connectivity index (χ0) is 14.8. The minimum absolute atomic E-state index is 0.256. The van der Waals surface area contributed by atoms with Gasteiger partial charge in [0, 0.05) is 5.69 Å². The molecule has 0 spiro atoms. The molecule has 1 amide bonds. The van der Waals surface area contributed by atoms with E-state index >= 15 is 0 Å². The van der Waals surface area contributed by atoms with Crippen LogP contribution in [0.1, 0.15) is 19.3 Å². The van der Waals surface area contributed by atoms with Crippen LogP contribution >= 0.6 is 0 Å². The fourth-order valence-corrected chi connectivity index (χ4v) is 2.58. The van der Waals surface area contributed by atoms with Gasteiger partial charge in [-0.25, -0.2) is 14.1 Å². The maximum Gasteiger partial charge on any atom is 0.230 e. The van der Waals surface area contributed by atoms with Crippen LogP contribution in [0.15, 0.2) is 30.9 Å². The summed E-state index contributed by atoms with van der Waals surface area (Å²) in [6.45, 7) is 0. The van der Waals surface area contributed by atoms with Gasteiger partial charge in [0.25, 0.3) is 0 Å². The zero-order valence-electron chi connectivity index (χ0n) is 11.2. The average Bonchev–Trinajstić information content (AvgIpc) is 3.10. The molecular formula is C14H15FN4O2. The summed E-state index contributed by atoms with van der Waals surface area (Å²) in [6, 6.07) is 4.35. The number of hydrogen-bond acceptors (Lipinski definition) is 4. The van der Waals surface area contributed by atoms with E-state index in [1.54, 1.807) is 6.07 Å². The number of nitrogens with one attached hydrogen (secondary N) is 1. The van der Waals surface area contributed by atoms with E-state index in [0.29, 0.717) is 18.5 Å². The second kappa shape index (κ2) is 5.61. The molecule has 7 heteroatoms. The topological polar surface area (TPSA) is 80.0 Å². The number of nitrogens with zero attached hydrogens (tertiary/aromatic N) is 3. The quantitative estimate of drug-likeness (QED) is 0.898. The molecule has 3 rings (SSSR count). The van der Waals surface area contributed by atoms with E-state index in [9.17, 15) is 14.3 Å². The van der Waals surface area contributed by atoms with Crippen molar-refractivity contribution in [2.45, 2.75) is 25.4 Å². The molecule has 1 aromatic heterocycles. The molecule has 1 fully saturated rings. The van der Waals surface area contributed by atoms with Gasteiger partial charge >= 0.3 is 0 Å². The molecular weight excluding hydrogens is 275 g/mol. The molecule has 6 nitrogen and oxygen atoms in total. The van der Waals surface area contributed by atoms with Gasteiger partial charge in [-0.3, -0.25) is 4.79 Å². The van der Waals surface area contributed by atoms with E-state index in [1.807, 2.05) is 0 Å². The lowest BCUT2D eigenvalue weighted by atomic mass is 10.1. The number of rotatable bonds is 3. The Balaban J connectivity index is 1.75. The molecule has 1 heterocycles. The summed E-state index contributed by atoms with van der Waals surface area (Å²) in [4.78, 5) is 15.8. The Morgan fingerprint density at radius 2 is 2.29 bits per heavy atom. The number of carbonyl (C=O) groups excluding carboxylic acids is 1. The predicted molar refractivity (Wildman–Crippen MR) is 73.3 cm³/mol. The van der Waals surface area contributed by atoms with Crippen molar-refractivity contribution >= 4 is 11.6 Å². The molecule has 2 unspecified atom stereocenters. The van der Waals surface area contributed by atoms with Gasteiger partial charge in [0.15, 0.2) is 5.82 Å². The Morgan fingerprint density at radius 3 is 2.90 bits per heavy atom. The molecule has 2 aromatic rings. The SMILES string of the molecule is O=C(Nc1ccc(-n2cncn2)c(F)c1)C1CCCC1O. The summed E-state index contributed by atoms with van der Waals surface area (Å²) in [5.41, 5.74) is 0.617. The number of benzene rings is 1.